The monoisotopic (exact) mass is 831 g/mol. The van der Waals surface area contributed by atoms with Crippen LogP contribution in [0.4, 0.5) is 0 Å². The van der Waals surface area contributed by atoms with Crippen molar-refractivity contribution in [1.29, 1.82) is 0 Å². The van der Waals surface area contributed by atoms with E-state index in [-0.39, 0.29) is 0 Å². The van der Waals surface area contributed by atoms with E-state index in [1.165, 1.54) is 94.3 Å². The summed E-state index contributed by atoms with van der Waals surface area (Å²) >= 11 is 6.96. The van der Waals surface area contributed by atoms with Crippen LogP contribution in [0.3, 0.4) is 0 Å². The van der Waals surface area contributed by atoms with Crippen molar-refractivity contribution >= 4 is 75.7 Å². The van der Waals surface area contributed by atoms with Crippen LogP contribution in [0, 0.1) is 17.8 Å². The molecule has 3 radical (unpaired) electrons. The number of carboxylic acids is 3. The number of aliphatic carboxylic acids is 3. The first-order chi connectivity index (χ1) is 22.3. The maximum atomic E-state index is 10.2. The molecule has 0 rings (SSSR count). The standard InChI is InChI=1S/3C11H22O2S.C4H9.Sn/c3*1-10(2)6-4-3-5-8-14-9-7-11(12)13;1-3-4-2;/h3*10H,3-9H2,1-2H3,(H,12,13);1,3-4H2,2H3;. The molecular formula is C37H75O6S3Sn. The molecule has 0 amide bonds. The Morgan fingerprint density at radius 2 is 0.745 bits per heavy atom. The SMILES string of the molecule is CC(C)CCCCCSCCC(=O)O.CC(C)CCCCCSCCC(=O)O.CC(C)CCCCCSCCC(=O)O.CCC[CH2][Sn]. The molecule has 10 heteroatoms. The Morgan fingerprint density at radius 1 is 0.468 bits per heavy atom. The zero-order valence-corrected chi connectivity index (χ0v) is 36.8. The molecule has 0 unspecified atom stereocenters. The van der Waals surface area contributed by atoms with Crippen molar-refractivity contribution < 1.29 is 29.7 Å². The van der Waals surface area contributed by atoms with Gasteiger partial charge in [-0.25, -0.2) is 0 Å². The van der Waals surface area contributed by atoms with E-state index in [1.54, 1.807) is 57.8 Å². The van der Waals surface area contributed by atoms with Crippen molar-refractivity contribution in [2.24, 2.45) is 17.8 Å². The van der Waals surface area contributed by atoms with E-state index in [1.807, 2.05) is 0 Å². The van der Waals surface area contributed by atoms with Gasteiger partial charge in [0.1, 0.15) is 0 Å². The Bertz CT molecular complexity index is 569. The van der Waals surface area contributed by atoms with Crippen LogP contribution in [-0.2, 0) is 14.4 Å². The predicted molar refractivity (Wildman–Crippen MR) is 214 cm³/mol. The Kier molecular flexibility index (Phi) is 53.2. The fraction of sp³-hybridized carbons (Fsp3) is 0.919. The van der Waals surface area contributed by atoms with E-state index in [0.717, 1.165) is 52.3 Å². The second-order valence-corrected chi connectivity index (χ2v) is 18.2. The zero-order valence-electron chi connectivity index (χ0n) is 31.5. The zero-order chi connectivity index (χ0) is 36.6. The van der Waals surface area contributed by atoms with E-state index in [0.29, 0.717) is 19.3 Å². The minimum absolute atomic E-state index is 0.302. The summed E-state index contributed by atoms with van der Waals surface area (Å²) in [4.78, 5) is 30.6. The molecular weight excluding hydrogens is 755 g/mol. The van der Waals surface area contributed by atoms with Gasteiger partial charge in [0.25, 0.3) is 0 Å². The number of hydrogen-bond acceptors (Lipinski definition) is 6. The van der Waals surface area contributed by atoms with Gasteiger partial charge >= 0.3 is 64.6 Å². The molecule has 0 atom stereocenters. The van der Waals surface area contributed by atoms with E-state index in [2.05, 4.69) is 48.5 Å². The second-order valence-electron chi connectivity index (χ2n) is 13.1. The van der Waals surface area contributed by atoms with Crippen molar-refractivity contribution in [3.05, 3.63) is 0 Å². The third-order valence-corrected chi connectivity index (χ3v) is 10.8. The molecule has 0 aromatic carbocycles. The summed E-state index contributed by atoms with van der Waals surface area (Å²) in [5, 5.41) is 25.2. The van der Waals surface area contributed by atoms with Crippen LogP contribution in [0.5, 0.6) is 0 Å². The molecule has 0 aliphatic rings. The number of unbranched alkanes of at least 4 members (excludes halogenated alkanes) is 7. The Balaban J connectivity index is -0.000000275. The topological polar surface area (TPSA) is 112 Å². The fourth-order valence-corrected chi connectivity index (χ4v) is 7.56. The number of rotatable bonds is 29. The molecule has 0 fully saturated rings. The van der Waals surface area contributed by atoms with E-state index >= 15 is 0 Å². The number of thioether (sulfide) groups is 3. The van der Waals surface area contributed by atoms with Crippen LogP contribution in [0.15, 0.2) is 0 Å². The fourth-order valence-electron chi connectivity index (χ4n) is 3.76. The predicted octanol–water partition coefficient (Wildman–Crippen LogP) is 11.6. The van der Waals surface area contributed by atoms with Gasteiger partial charge in [0, 0.05) is 17.3 Å². The van der Waals surface area contributed by atoms with Gasteiger partial charge in [-0.2, -0.15) is 35.3 Å². The van der Waals surface area contributed by atoms with Crippen LogP contribution in [0.1, 0.15) is 158 Å². The Labute approximate surface area is 317 Å². The van der Waals surface area contributed by atoms with Crippen molar-refractivity contribution in [3.63, 3.8) is 0 Å². The summed E-state index contributed by atoms with van der Waals surface area (Å²) in [5.74, 6) is 6.03. The quantitative estimate of drug-likeness (QED) is 0.0501. The van der Waals surface area contributed by atoms with Gasteiger partial charge in [-0.3, -0.25) is 14.4 Å². The van der Waals surface area contributed by atoms with Gasteiger partial charge in [-0.1, -0.05) is 99.3 Å². The average molecular weight is 831 g/mol. The van der Waals surface area contributed by atoms with Gasteiger partial charge in [-0.05, 0) is 54.3 Å². The number of carbonyl (C=O) groups is 3. The second kappa shape index (κ2) is 46.3. The van der Waals surface area contributed by atoms with Crippen LogP contribution < -0.4 is 0 Å². The van der Waals surface area contributed by atoms with Crippen LogP contribution >= 0.6 is 35.3 Å². The van der Waals surface area contributed by atoms with E-state index in [4.69, 9.17) is 15.3 Å². The first-order valence-electron chi connectivity index (χ1n) is 18.3. The van der Waals surface area contributed by atoms with Gasteiger partial charge < -0.3 is 15.3 Å². The van der Waals surface area contributed by atoms with Gasteiger partial charge in [-0.15, -0.1) is 0 Å². The van der Waals surface area contributed by atoms with Crippen molar-refractivity contribution in [2.75, 3.05) is 34.5 Å². The average Bonchev–Trinajstić information content (AvgIpc) is 2.98. The summed E-state index contributed by atoms with van der Waals surface area (Å²) in [6.07, 6.45) is 19.2. The molecule has 3 N–H and O–H groups in total. The molecule has 0 aliphatic heterocycles. The van der Waals surface area contributed by atoms with Crippen LogP contribution in [0.2, 0.25) is 4.44 Å². The van der Waals surface area contributed by atoms with E-state index < -0.39 is 17.9 Å². The molecule has 0 aliphatic carbocycles. The van der Waals surface area contributed by atoms with Gasteiger partial charge in [0.2, 0.25) is 0 Å². The normalized spacial score (nSPS) is 10.5. The molecule has 0 spiro atoms. The molecule has 0 aromatic heterocycles. The van der Waals surface area contributed by atoms with Crippen molar-refractivity contribution in [3.8, 4) is 0 Å². The summed E-state index contributed by atoms with van der Waals surface area (Å²) in [7, 11) is 0. The summed E-state index contributed by atoms with van der Waals surface area (Å²) in [5.41, 5.74) is 0. The van der Waals surface area contributed by atoms with Crippen LogP contribution in [0.25, 0.3) is 0 Å². The molecule has 0 aromatic rings. The third kappa shape index (κ3) is 72.9. The summed E-state index contributed by atoms with van der Waals surface area (Å²) in [6.45, 7) is 15.7. The molecule has 0 bridgehead atoms. The Hall–Kier alpha value is 0.259. The van der Waals surface area contributed by atoms with Crippen molar-refractivity contribution in [1.82, 2.24) is 0 Å². The van der Waals surface area contributed by atoms with Crippen LogP contribution in [-0.4, -0.2) is 90.3 Å². The first-order valence-corrected chi connectivity index (χ1v) is 23.8. The van der Waals surface area contributed by atoms with Gasteiger partial charge in [0.05, 0.1) is 19.3 Å². The van der Waals surface area contributed by atoms with Crippen molar-refractivity contribution in [2.45, 2.75) is 162 Å². The minimum atomic E-state index is -0.683. The molecule has 47 heavy (non-hydrogen) atoms. The number of hydrogen-bond donors (Lipinski definition) is 3. The third-order valence-electron chi connectivity index (χ3n) is 6.62. The summed E-state index contributed by atoms with van der Waals surface area (Å²) < 4.78 is 1.43. The first kappa shape index (κ1) is 54.0. The van der Waals surface area contributed by atoms with E-state index in [9.17, 15) is 14.4 Å². The Morgan fingerprint density at radius 3 is 0.915 bits per heavy atom. The molecule has 0 heterocycles. The maximum absolute atomic E-state index is 10.2. The van der Waals surface area contributed by atoms with Gasteiger partial charge in [0.15, 0.2) is 0 Å². The number of carboxylic acid groups (broad SMARTS) is 3. The summed E-state index contributed by atoms with van der Waals surface area (Å²) in [6, 6.07) is 0. The molecule has 0 saturated heterocycles. The molecule has 6 nitrogen and oxygen atoms in total. The molecule has 0 saturated carbocycles. The molecule has 281 valence electrons.